The maximum Gasteiger partial charge on any atom is 0.422 e. The number of aliphatic hydroxyl groups is 1. The highest BCUT2D eigenvalue weighted by Gasteiger charge is 2.33. The summed E-state index contributed by atoms with van der Waals surface area (Å²) in [6.45, 7) is 0.149. The normalized spacial score (nSPS) is 14.5. The van der Waals surface area contributed by atoms with Crippen molar-refractivity contribution >= 4 is 34.4 Å². The van der Waals surface area contributed by atoms with Crippen LogP contribution in [-0.2, 0) is 18.3 Å². The molecule has 12 nitrogen and oxygen atoms in total. The summed E-state index contributed by atoms with van der Waals surface area (Å²) in [5.74, 6) is -2.04. The number of anilines is 1. The number of ether oxygens (including phenoxy) is 1. The van der Waals surface area contributed by atoms with E-state index in [9.17, 15) is 27.6 Å². The van der Waals surface area contributed by atoms with Crippen molar-refractivity contribution in [2.75, 3.05) is 31.6 Å². The van der Waals surface area contributed by atoms with Gasteiger partial charge in [0.2, 0.25) is 5.91 Å². The zero-order chi connectivity index (χ0) is 28.3. The molecule has 1 aliphatic heterocycles. The van der Waals surface area contributed by atoms with E-state index in [0.717, 1.165) is 12.7 Å². The van der Waals surface area contributed by atoms with Crippen LogP contribution in [0.2, 0.25) is 0 Å². The minimum absolute atomic E-state index is 0.00874. The van der Waals surface area contributed by atoms with Crippen LogP contribution < -0.4 is 15.4 Å². The summed E-state index contributed by atoms with van der Waals surface area (Å²) >= 11 is 0. The number of carbonyl (C=O) groups is 3. The second-order valence-corrected chi connectivity index (χ2v) is 8.96. The number of halogens is 3. The lowest BCUT2D eigenvalue weighted by atomic mass is 10.0. The molecular weight excluding hydrogens is 525 g/mol. The molecule has 0 radical (unpaired) electrons. The van der Waals surface area contributed by atoms with Crippen LogP contribution in [0.1, 0.15) is 46.4 Å². The van der Waals surface area contributed by atoms with E-state index < -0.39 is 37.1 Å². The van der Waals surface area contributed by atoms with Crippen molar-refractivity contribution in [2.24, 2.45) is 7.05 Å². The van der Waals surface area contributed by atoms with Gasteiger partial charge in [-0.25, -0.2) is 9.97 Å². The lowest BCUT2D eigenvalue weighted by Gasteiger charge is -2.32. The quantitative estimate of drug-likeness (QED) is 0.384. The Morgan fingerprint density at radius 2 is 1.95 bits per heavy atom. The van der Waals surface area contributed by atoms with E-state index >= 15 is 0 Å². The molecule has 0 saturated carbocycles. The Kier molecular flexibility index (Phi) is 8.09. The molecule has 15 heteroatoms. The Balaban J connectivity index is 1.68. The number of piperidine rings is 1. The van der Waals surface area contributed by atoms with Crippen molar-refractivity contribution in [1.82, 2.24) is 24.8 Å². The monoisotopic (exact) mass is 552 g/mol. The predicted octanol–water partition coefficient (Wildman–Crippen LogP) is 2.03. The largest absolute Gasteiger partial charge is 0.481 e. The first-order valence-corrected chi connectivity index (χ1v) is 12.1. The molecule has 3 aromatic rings. The number of hydrogen-bond acceptors (Lipinski definition) is 8. The molecule has 0 bridgehead atoms. The number of aromatic nitrogens is 3. The number of carbonyl (C=O) groups excluding carboxylic acids is 3. The van der Waals surface area contributed by atoms with Gasteiger partial charge in [0.15, 0.2) is 30.1 Å². The van der Waals surface area contributed by atoms with Crippen LogP contribution in [0.4, 0.5) is 18.9 Å². The fraction of sp³-hybridized carbons (Fsp3) is 0.458. The maximum atomic E-state index is 13.4. The standard InChI is InChI=1S/C24H27F3N6O6/c1-3-15-16(31-22(36)17-10-38-12-28-17)8-14-20(39-11-24(25,26)27)19(32(2)21(14)30-15)23(37)29-13-4-6-33(7-5-13)18(35)9-34/h8,10,12-13,34H,3-7,9,11H2,1-2H3,(H,29,37)(H,31,36). The highest BCUT2D eigenvalue weighted by molar-refractivity contribution is 6.07. The number of aryl methyl sites for hydroxylation is 2. The van der Waals surface area contributed by atoms with Crippen molar-refractivity contribution in [1.29, 1.82) is 0 Å². The second-order valence-electron chi connectivity index (χ2n) is 8.96. The number of fused-ring (bicyclic) bond motifs is 1. The summed E-state index contributed by atoms with van der Waals surface area (Å²) in [5, 5.41) is 14.6. The lowest BCUT2D eigenvalue weighted by molar-refractivity contribution is -0.153. The van der Waals surface area contributed by atoms with Gasteiger partial charge in [0, 0.05) is 26.2 Å². The molecule has 0 spiro atoms. The van der Waals surface area contributed by atoms with Crippen LogP contribution >= 0.6 is 0 Å². The number of alkyl halides is 3. The zero-order valence-corrected chi connectivity index (χ0v) is 21.2. The lowest BCUT2D eigenvalue weighted by Crippen LogP contribution is -2.47. The van der Waals surface area contributed by atoms with Crippen molar-refractivity contribution in [2.45, 2.75) is 38.4 Å². The molecule has 4 heterocycles. The Morgan fingerprint density at radius 1 is 1.23 bits per heavy atom. The molecule has 0 unspecified atom stereocenters. The minimum atomic E-state index is -4.68. The highest BCUT2D eigenvalue weighted by atomic mass is 19.4. The average molecular weight is 553 g/mol. The maximum absolute atomic E-state index is 13.4. The number of aliphatic hydroxyl groups excluding tert-OH is 1. The molecule has 0 atom stereocenters. The second kappa shape index (κ2) is 11.3. The number of oxazole rings is 1. The molecule has 0 aliphatic carbocycles. The van der Waals surface area contributed by atoms with Crippen LogP contribution in [0.3, 0.4) is 0 Å². The van der Waals surface area contributed by atoms with Crippen LogP contribution in [0.15, 0.2) is 23.1 Å². The van der Waals surface area contributed by atoms with E-state index in [0.29, 0.717) is 38.0 Å². The van der Waals surface area contributed by atoms with Crippen molar-refractivity contribution < 1.29 is 41.8 Å². The summed E-state index contributed by atoms with van der Waals surface area (Å²) < 4.78 is 50.7. The van der Waals surface area contributed by atoms with Gasteiger partial charge in [-0.1, -0.05) is 6.92 Å². The van der Waals surface area contributed by atoms with Gasteiger partial charge >= 0.3 is 6.18 Å². The Hall–Kier alpha value is -4.14. The SMILES string of the molecule is CCc1nc2c(cc1NC(=O)c1cocn1)c(OCC(F)(F)F)c(C(=O)NC1CCN(C(=O)CO)CC1)n2C. The molecule has 3 amide bonds. The van der Waals surface area contributed by atoms with Gasteiger partial charge in [-0.3, -0.25) is 14.4 Å². The van der Waals surface area contributed by atoms with E-state index in [1.807, 2.05) is 0 Å². The van der Waals surface area contributed by atoms with Crippen LogP contribution in [0.5, 0.6) is 5.75 Å². The van der Waals surface area contributed by atoms with Crippen LogP contribution in [-0.4, -0.2) is 80.8 Å². The molecule has 1 aliphatic rings. The first kappa shape index (κ1) is 27.9. The molecule has 0 aromatic carbocycles. The van der Waals surface area contributed by atoms with Gasteiger partial charge in [0.25, 0.3) is 11.8 Å². The van der Waals surface area contributed by atoms with E-state index in [-0.39, 0.29) is 39.9 Å². The summed E-state index contributed by atoms with van der Waals surface area (Å²) in [4.78, 5) is 47.4. The van der Waals surface area contributed by atoms with Crippen molar-refractivity contribution in [3.05, 3.63) is 35.8 Å². The molecule has 1 saturated heterocycles. The summed E-state index contributed by atoms with van der Waals surface area (Å²) in [7, 11) is 1.49. The van der Waals surface area contributed by atoms with Crippen molar-refractivity contribution in [3.8, 4) is 5.75 Å². The van der Waals surface area contributed by atoms with Gasteiger partial charge < -0.3 is 34.4 Å². The highest BCUT2D eigenvalue weighted by Crippen LogP contribution is 2.36. The summed E-state index contributed by atoms with van der Waals surface area (Å²) in [6.07, 6.45) is -1.30. The van der Waals surface area contributed by atoms with Crippen molar-refractivity contribution in [3.63, 3.8) is 0 Å². The molecule has 3 aromatic heterocycles. The third-order valence-corrected chi connectivity index (χ3v) is 6.36. The number of rotatable bonds is 8. The number of pyridine rings is 1. The summed E-state index contributed by atoms with van der Waals surface area (Å²) in [6, 6.07) is 1.06. The molecule has 39 heavy (non-hydrogen) atoms. The molecule has 4 rings (SSSR count). The number of amides is 3. The number of nitrogens with zero attached hydrogens (tertiary/aromatic N) is 4. The van der Waals surface area contributed by atoms with Gasteiger partial charge in [-0.15, -0.1) is 0 Å². The molecule has 1 fully saturated rings. The van der Waals surface area contributed by atoms with Gasteiger partial charge in [-0.2, -0.15) is 13.2 Å². The van der Waals surface area contributed by atoms with E-state index in [1.54, 1.807) is 6.92 Å². The Bertz CT molecular complexity index is 1360. The fourth-order valence-corrected chi connectivity index (χ4v) is 4.42. The third kappa shape index (κ3) is 6.13. The first-order valence-electron chi connectivity index (χ1n) is 12.1. The summed E-state index contributed by atoms with van der Waals surface area (Å²) in [5.41, 5.74) is 0.656. The Labute approximate surface area is 220 Å². The number of hydrogen-bond donors (Lipinski definition) is 3. The van der Waals surface area contributed by atoms with E-state index in [1.165, 1.54) is 22.6 Å². The third-order valence-electron chi connectivity index (χ3n) is 6.36. The Morgan fingerprint density at radius 3 is 2.54 bits per heavy atom. The molecule has 3 N–H and O–H groups in total. The van der Waals surface area contributed by atoms with Gasteiger partial charge in [0.05, 0.1) is 16.8 Å². The van der Waals surface area contributed by atoms with E-state index in [4.69, 9.17) is 14.3 Å². The first-order chi connectivity index (χ1) is 18.5. The van der Waals surface area contributed by atoms with Gasteiger partial charge in [0.1, 0.15) is 18.5 Å². The smallest absolute Gasteiger partial charge is 0.422 e. The molecular formula is C24H27F3N6O6. The zero-order valence-electron chi connectivity index (χ0n) is 21.2. The molecule has 210 valence electrons. The fourth-order valence-electron chi connectivity index (χ4n) is 4.42. The van der Waals surface area contributed by atoms with E-state index in [2.05, 4.69) is 20.6 Å². The number of likely N-dealkylation sites (tertiary alicyclic amines) is 1. The van der Waals surface area contributed by atoms with Gasteiger partial charge in [-0.05, 0) is 25.3 Å². The topological polar surface area (TPSA) is 152 Å². The predicted molar refractivity (Wildman–Crippen MR) is 130 cm³/mol. The number of nitrogens with one attached hydrogen (secondary N) is 2. The average Bonchev–Trinajstić information content (AvgIpc) is 3.53. The van der Waals surface area contributed by atoms with Crippen LogP contribution in [0, 0.1) is 0 Å². The van der Waals surface area contributed by atoms with Crippen LogP contribution in [0.25, 0.3) is 11.0 Å². The minimum Gasteiger partial charge on any atom is -0.481 e.